The van der Waals surface area contributed by atoms with Gasteiger partial charge in [0.1, 0.15) is 0 Å². The van der Waals surface area contributed by atoms with E-state index in [0.717, 1.165) is 6.08 Å². The van der Waals surface area contributed by atoms with Crippen molar-refractivity contribution in [3.63, 3.8) is 0 Å². The van der Waals surface area contributed by atoms with Gasteiger partial charge in [0.2, 0.25) is 0 Å². The summed E-state index contributed by atoms with van der Waals surface area (Å²) in [5.41, 5.74) is 1.02. The zero-order chi connectivity index (χ0) is 10.6. The summed E-state index contributed by atoms with van der Waals surface area (Å²) in [6.07, 6.45) is -3.15. The number of hydrogen-bond acceptors (Lipinski definition) is 1. The van der Waals surface area contributed by atoms with Crippen LogP contribution in [0.5, 0.6) is 0 Å². The molecule has 14 heavy (non-hydrogen) atoms. The molecule has 0 spiro atoms. The van der Waals surface area contributed by atoms with Crippen LogP contribution in [-0.4, -0.2) is 11.3 Å². The van der Waals surface area contributed by atoms with Crippen LogP contribution in [0.4, 0.5) is 13.2 Å². The number of halogens is 3. The minimum absolute atomic E-state index is 0.170. The van der Waals surface area contributed by atoms with Crippen molar-refractivity contribution in [1.29, 1.82) is 0 Å². The summed E-state index contributed by atoms with van der Waals surface area (Å²) in [6.45, 7) is -0.173. The molecule has 1 aromatic carbocycles. The zero-order valence-corrected chi connectivity index (χ0v) is 7.25. The van der Waals surface area contributed by atoms with Crippen LogP contribution in [0.25, 0.3) is 6.08 Å². The van der Waals surface area contributed by atoms with E-state index in [1.165, 1.54) is 6.07 Å². The Kier molecular flexibility index (Phi) is 3.30. The normalized spacial score (nSPS) is 12.3. The molecule has 1 nitrogen and oxygen atoms in total. The lowest BCUT2D eigenvalue weighted by Crippen LogP contribution is -2.00. The maximum Gasteiger partial charge on any atom is 0.409 e. The summed E-state index contributed by atoms with van der Waals surface area (Å²) < 4.78 is 35.4. The molecule has 0 bridgehead atoms. The molecule has 0 aliphatic carbocycles. The number of aliphatic hydroxyl groups excluding tert-OH is 1. The van der Waals surface area contributed by atoms with Crippen molar-refractivity contribution in [3.8, 4) is 0 Å². The van der Waals surface area contributed by atoms with E-state index in [9.17, 15) is 13.2 Å². The van der Waals surface area contributed by atoms with Gasteiger partial charge in [0.25, 0.3) is 0 Å². The lowest BCUT2D eigenvalue weighted by molar-refractivity contribution is -0.0790. The summed E-state index contributed by atoms with van der Waals surface area (Å²) in [5, 5.41) is 8.74. The predicted molar refractivity (Wildman–Crippen MR) is 47.5 cm³/mol. The summed E-state index contributed by atoms with van der Waals surface area (Å²) in [6, 6.07) is 6.29. The van der Waals surface area contributed by atoms with Crippen molar-refractivity contribution in [1.82, 2.24) is 0 Å². The summed E-state index contributed by atoms with van der Waals surface area (Å²) >= 11 is 0. The van der Waals surface area contributed by atoms with Crippen LogP contribution < -0.4 is 0 Å². The molecule has 0 radical (unpaired) electrons. The van der Waals surface area contributed by atoms with Crippen molar-refractivity contribution < 1.29 is 18.3 Å². The quantitative estimate of drug-likeness (QED) is 0.781. The average Bonchev–Trinajstić information content (AvgIpc) is 2.14. The lowest BCUT2D eigenvalue weighted by Gasteiger charge is -1.99. The van der Waals surface area contributed by atoms with Gasteiger partial charge in [-0.1, -0.05) is 24.3 Å². The molecular weight excluding hydrogens is 193 g/mol. The van der Waals surface area contributed by atoms with Crippen molar-refractivity contribution in [2.75, 3.05) is 0 Å². The Balaban J connectivity index is 2.82. The molecule has 0 unspecified atom stereocenters. The number of aliphatic hydroxyl groups is 1. The lowest BCUT2D eigenvalue weighted by atomic mass is 10.1. The van der Waals surface area contributed by atoms with Gasteiger partial charge in [-0.05, 0) is 17.2 Å². The van der Waals surface area contributed by atoms with Crippen LogP contribution in [0, 0.1) is 0 Å². The summed E-state index contributed by atoms with van der Waals surface area (Å²) in [5.74, 6) is 0. The Morgan fingerprint density at radius 1 is 1.29 bits per heavy atom. The van der Waals surface area contributed by atoms with Crippen LogP contribution in [0.3, 0.4) is 0 Å². The Labute approximate surface area is 79.5 Å². The third-order valence-corrected chi connectivity index (χ3v) is 1.60. The van der Waals surface area contributed by atoms with Crippen LogP contribution in [0.15, 0.2) is 30.3 Å². The van der Waals surface area contributed by atoms with E-state index in [1.54, 1.807) is 18.2 Å². The number of alkyl halides is 3. The van der Waals surface area contributed by atoms with Crippen LogP contribution >= 0.6 is 0 Å². The molecule has 4 heteroatoms. The van der Waals surface area contributed by atoms with Gasteiger partial charge in [0.05, 0.1) is 6.61 Å². The van der Waals surface area contributed by atoms with E-state index in [0.29, 0.717) is 11.1 Å². The van der Waals surface area contributed by atoms with E-state index >= 15 is 0 Å². The third-order valence-electron chi connectivity index (χ3n) is 1.60. The SMILES string of the molecule is OCc1cccc(/C=C/C(F)(F)F)c1. The first-order chi connectivity index (χ1) is 6.51. The first-order valence-corrected chi connectivity index (χ1v) is 3.97. The highest BCUT2D eigenvalue weighted by Crippen LogP contribution is 2.18. The molecule has 0 saturated carbocycles. The third kappa shape index (κ3) is 3.62. The summed E-state index contributed by atoms with van der Waals surface area (Å²) in [7, 11) is 0. The van der Waals surface area contributed by atoms with Crippen molar-refractivity contribution >= 4 is 6.08 Å². The molecule has 0 saturated heterocycles. The highest BCUT2D eigenvalue weighted by molar-refractivity contribution is 5.50. The van der Waals surface area contributed by atoms with Gasteiger partial charge in [-0.25, -0.2) is 0 Å². The standard InChI is InChI=1S/C10H9F3O/c11-10(12,13)5-4-8-2-1-3-9(6-8)7-14/h1-6,14H,7H2/b5-4+. The largest absolute Gasteiger partial charge is 0.409 e. The molecule has 0 aliphatic heterocycles. The molecule has 0 aromatic heterocycles. The summed E-state index contributed by atoms with van der Waals surface area (Å²) in [4.78, 5) is 0. The fourth-order valence-corrected chi connectivity index (χ4v) is 0.986. The van der Waals surface area contributed by atoms with Crippen molar-refractivity contribution in [2.24, 2.45) is 0 Å². The van der Waals surface area contributed by atoms with Crippen LogP contribution in [-0.2, 0) is 6.61 Å². The minimum Gasteiger partial charge on any atom is -0.392 e. The maximum atomic E-state index is 11.8. The number of hydrogen-bond donors (Lipinski definition) is 1. The number of rotatable bonds is 2. The van der Waals surface area contributed by atoms with Crippen molar-refractivity contribution in [3.05, 3.63) is 41.5 Å². The van der Waals surface area contributed by atoms with Gasteiger partial charge < -0.3 is 5.11 Å². The van der Waals surface area contributed by atoms with Gasteiger partial charge in [-0.3, -0.25) is 0 Å². The van der Waals surface area contributed by atoms with E-state index in [4.69, 9.17) is 5.11 Å². The molecule has 1 aromatic rings. The van der Waals surface area contributed by atoms with E-state index in [-0.39, 0.29) is 12.7 Å². The first-order valence-electron chi connectivity index (χ1n) is 3.97. The Hall–Kier alpha value is -1.29. The average molecular weight is 202 g/mol. The van der Waals surface area contributed by atoms with Gasteiger partial charge in [0.15, 0.2) is 0 Å². The van der Waals surface area contributed by atoms with Crippen LogP contribution in [0.1, 0.15) is 11.1 Å². The van der Waals surface area contributed by atoms with Crippen LogP contribution in [0.2, 0.25) is 0 Å². The fourth-order valence-electron chi connectivity index (χ4n) is 0.986. The van der Waals surface area contributed by atoms with E-state index < -0.39 is 6.18 Å². The maximum absolute atomic E-state index is 11.8. The predicted octanol–water partition coefficient (Wildman–Crippen LogP) is 2.75. The van der Waals surface area contributed by atoms with Gasteiger partial charge in [-0.15, -0.1) is 0 Å². The highest BCUT2D eigenvalue weighted by Gasteiger charge is 2.21. The van der Waals surface area contributed by atoms with E-state index in [1.807, 2.05) is 0 Å². The Morgan fingerprint density at radius 3 is 2.57 bits per heavy atom. The van der Waals surface area contributed by atoms with Crippen molar-refractivity contribution in [2.45, 2.75) is 12.8 Å². The smallest absolute Gasteiger partial charge is 0.392 e. The minimum atomic E-state index is -4.30. The number of benzene rings is 1. The molecule has 1 N–H and O–H groups in total. The molecule has 0 atom stereocenters. The number of allylic oxidation sites excluding steroid dienone is 1. The molecule has 76 valence electrons. The monoisotopic (exact) mass is 202 g/mol. The Morgan fingerprint density at radius 2 is 2.00 bits per heavy atom. The fraction of sp³-hybridized carbons (Fsp3) is 0.200. The first kappa shape index (κ1) is 10.8. The Bertz CT molecular complexity index is 328. The molecule has 0 amide bonds. The van der Waals surface area contributed by atoms with Gasteiger partial charge in [0, 0.05) is 6.08 Å². The molecular formula is C10H9F3O. The second kappa shape index (κ2) is 4.28. The molecule has 1 rings (SSSR count). The van der Waals surface area contributed by atoms with E-state index in [2.05, 4.69) is 0 Å². The second-order valence-corrected chi connectivity index (χ2v) is 2.78. The highest BCUT2D eigenvalue weighted by atomic mass is 19.4. The molecule has 0 aliphatic rings. The van der Waals surface area contributed by atoms with Gasteiger partial charge in [-0.2, -0.15) is 13.2 Å². The van der Waals surface area contributed by atoms with Gasteiger partial charge >= 0.3 is 6.18 Å². The second-order valence-electron chi connectivity index (χ2n) is 2.78. The zero-order valence-electron chi connectivity index (χ0n) is 7.25. The molecule has 0 fully saturated rings. The molecule has 0 heterocycles. The topological polar surface area (TPSA) is 20.2 Å².